The van der Waals surface area contributed by atoms with Crippen molar-refractivity contribution < 1.29 is 14.6 Å². The zero-order valence-electron chi connectivity index (χ0n) is 15.2. The number of nitro benzene ring substituents is 1. The molecule has 2 heterocycles. The van der Waals surface area contributed by atoms with Gasteiger partial charge in [0.25, 0.3) is 11.6 Å². The maximum Gasteiger partial charge on any atom is 0.354 e. The SMILES string of the molecule is O=C(NNc1ncnc(NCc2cccnc2)c1[N+](=O)[O-])c1ccc([N+](=O)[O-])cc1. The molecule has 0 aliphatic heterocycles. The summed E-state index contributed by atoms with van der Waals surface area (Å²) in [5, 5.41) is 25.0. The predicted octanol–water partition coefficient (Wildman–Crippen LogP) is 2.06. The highest BCUT2D eigenvalue weighted by Gasteiger charge is 2.23. The van der Waals surface area contributed by atoms with Gasteiger partial charge in [0.1, 0.15) is 6.33 Å². The quantitative estimate of drug-likeness (QED) is 0.367. The van der Waals surface area contributed by atoms with E-state index >= 15 is 0 Å². The number of non-ortho nitro benzene ring substituents is 1. The first-order valence-corrected chi connectivity index (χ1v) is 8.38. The van der Waals surface area contributed by atoms with Gasteiger partial charge in [0.15, 0.2) is 0 Å². The molecule has 1 amide bonds. The van der Waals surface area contributed by atoms with Crippen molar-refractivity contribution in [2.75, 3.05) is 10.7 Å². The molecule has 0 bridgehead atoms. The Bertz CT molecular complexity index is 1080. The molecule has 0 saturated heterocycles. The number of carbonyl (C=O) groups excluding carboxylic acids is 1. The Morgan fingerprint density at radius 3 is 2.37 bits per heavy atom. The van der Waals surface area contributed by atoms with Gasteiger partial charge in [-0.15, -0.1) is 0 Å². The lowest BCUT2D eigenvalue weighted by molar-refractivity contribution is -0.384. The number of carbonyl (C=O) groups is 1. The molecule has 3 aromatic rings. The van der Waals surface area contributed by atoms with Crippen LogP contribution < -0.4 is 16.2 Å². The summed E-state index contributed by atoms with van der Waals surface area (Å²) in [6.07, 6.45) is 4.30. The minimum atomic E-state index is -0.689. The number of amides is 1. The third-order valence-corrected chi connectivity index (χ3v) is 3.82. The molecule has 1 aromatic carbocycles. The lowest BCUT2D eigenvalue weighted by Gasteiger charge is -2.11. The monoisotopic (exact) mass is 410 g/mol. The molecule has 30 heavy (non-hydrogen) atoms. The van der Waals surface area contributed by atoms with Crippen LogP contribution >= 0.6 is 0 Å². The Morgan fingerprint density at radius 2 is 1.73 bits per heavy atom. The number of nitrogens with one attached hydrogen (secondary N) is 3. The molecule has 0 aliphatic rings. The van der Waals surface area contributed by atoms with Gasteiger partial charge in [0.05, 0.1) is 9.85 Å². The van der Waals surface area contributed by atoms with Crippen LogP contribution in [0.5, 0.6) is 0 Å². The zero-order valence-corrected chi connectivity index (χ0v) is 15.2. The van der Waals surface area contributed by atoms with Crippen molar-refractivity contribution >= 4 is 28.9 Å². The summed E-state index contributed by atoms with van der Waals surface area (Å²) in [4.78, 5) is 44.8. The standard InChI is InChI=1S/C17H14N8O5/c26-17(12-3-5-13(6-4-12)24(27)28)23-22-16-14(25(29)30)15(20-10-21-16)19-9-11-2-1-7-18-8-11/h1-8,10H,9H2,(H,23,26)(H2,19,20,21,22). The van der Waals surface area contributed by atoms with Gasteiger partial charge in [-0.1, -0.05) is 6.07 Å². The second-order valence-corrected chi connectivity index (χ2v) is 5.77. The van der Waals surface area contributed by atoms with Crippen LogP contribution in [0, 0.1) is 20.2 Å². The Balaban J connectivity index is 1.72. The number of nitro groups is 2. The van der Waals surface area contributed by atoms with E-state index in [0.717, 1.165) is 11.9 Å². The van der Waals surface area contributed by atoms with Gasteiger partial charge in [-0.3, -0.25) is 40.9 Å². The normalized spacial score (nSPS) is 10.1. The largest absolute Gasteiger partial charge is 0.360 e. The topological polar surface area (TPSA) is 178 Å². The Labute approximate surface area is 168 Å². The van der Waals surface area contributed by atoms with Crippen molar-refractivity contribution in [2.45, 2.75) is 6.54 Å². The Morgan fingerprint density at radius 1 is 1.00 bits per heavy atom. The molecule has 3 N–H and O–H groups in total. The molecule has 0 fully saturated rings. The van der Waals surface area contributed by atoms with E-state index in [2.05, 4.69) is 31.1 Å². The van der Waals surface area contributed by atoms with E-state index in [0.29, 0.717) is 0 Å². The van der Waals surface area contributed by atoms with Gasteiger partial charge in [0, 0.05) is 36.6 Å². The van der Waals surface area contributed by atoms with Crippen LogP contribution in [-0.2, 0) is 6.54 Å². The molecular formula is C17H14N8O5. The third-order valence-electron chi connectivity index (χ3n) is 3.82. The summed E-state index contributed by atoms with van der Waals surface area (Å²) in [5.41, 5.74) is 4.92. The summed E-state index contributed by atoms with van der Waals surface area (Å²) in [6, 6.07) is 8.36. The molecular weight excluding hydrogens is 396 g/mol. The van der Waals surface area contributed by atoms with Gasteiger partial charge in [0.2, 0.25) is 11.6 Å². The fourth-order valence-electron chi connectivity index (χ4n) is 2.38. The summed E-state index contributed by atoms with van der Waals surface area (Å²) in [5.74, 6) is -0.951. The fourth-order valence-corrected chi connectivity index (χ4v) is 2.38. The van der Waals surface area contributed by atoms with Crippen molar-refractivity contribution in [3.05, 3.63) is 86.5 Å². The van der Waals surface area contributed by atoms with Crippen LogP contribution in [0.15, 0.2) is 55.1 Å². The molecule has 0 spiro atoms. The van der Waals surface area contributed by atoms with Crippen LogP contribution in [0.4, 0.5) is 23.0 Å². The van der Waals surface area contributed by atoms with Crippen LogP contribution in [0.3, 0.4) is 0 Å². The van der Waals surface area contributed by atoms with E-state index in [-0.39, 0.29) is 29.4 Å². The molecule has 3 rings (SSSR count). The first kappa shape index (κ1) is 20.1. The van der Waals surface area contributed by atoms with Crippen molar-refractivity contribution in [1.82, 2.24) is 20.4 Å². The summed E-state index contributed by atoms with van der Waals surface area (Å²) >= 11 is 0. The first-order chi connectivity index (χ1) is 14.5. The number of benzene rings is 1. The molecule has 13 heteroatoms. The third kappa shape index (κ3) is 4.78. The van der Waals surface area contributed by atoms with Crippen molar-refractivity contribution in [2.24, 2.45) is 0 Å². The maximum absolute atomic E-state index is 12.2. The smallest absolute Gasteiger partial charge is 0.354 e. The van der Waals surface area contributed by atoms with E-state index < -0.39 is 21.4 Å². The number of nitrogens with zero attached hydrogens (tertiary/aromatic N) is 5. The van der Waals surface area contributed by atoms with Gasteiger partial charge >= 0.3 is 5.69 Å². The summed E-state index contributed by atoms with van der Waals surface area (Å²) < 4.78 is 0. The lowest BCUT2D eigenvalue weighted by atomic mass is 10.2. The summed E-state index contributed by atoms with van der Waals surface area (Å²) in [6.45, 7) is 0.236. The maximum atomic E-state index is 12.2. The van der Waals surface area contributed by atoms with E-state index in [4.69, 9.17) is 0 Å². The van der Waals surface area contributed by atoms with E-state index in [1.807, 2.05) is 0 Å². The lowest BCUT2D eigenvalue weighted by Crippen LogP contribution is -2.30. The highest BCUT2D eigenvalue weighted by atomic mass is 16.6. The second kappa shape index (κ2) is 9.01. The number of aromatic nitrogens is 3. The van der Waals surface area contributed by atoms with E-state index in [1.165, 1.54) is 24.3 Å². The Kier molecular flexibility index (Phi) is 6.02. The molecule has 0 aliphatic carbocycles. The number of anilines is 2. The van der Waals surface area contributed by atoms with Crippen LogP contribution in [0.25, 0.3) is 0 Å². The molecule has 0 atom stereocenters. The van der Waals surface area contributed by atoms with Crippen LogP contribution in [-0.4, -0.2) is 30.7 Å². The number of pyridine rings is 1. The second-order valence-electron chi connectivity index (χ2n) is 5.77. The van der Waals surface area contributed by atoms with Crippen molar-refractivity contribution in [1.29, 1.82) is 0 Å². The molecule has 152 valence electrons. The van der Waals surface area contributed by atoms with Gasteiger partial charge in [-0.2, -0.15) is 0 Å². The average molecular weight is 410 g/mol. The number of hydrogen-bond donors (Lipinski definition) is 3. The molecule has 0 saturated carbocycles. The van der Waals surface area contributed by atoms with Crippen LogP contribution in [0.1, 0.15) is 15.9 Å². The fraction of sp³-hybridized carbons (Fsp3) is 0.0588. The van der Waals surface area contributed by atoms with Crippen LogP contribution in [0.2, 0.25) is 0 Å². The number of hydrogen-bond acceptors (Lipinski definition) is 10. The highest BCUT2D eigenvalue weighted by Crippen LogP contribution is 2.28. The summed E-state index contributed by atoms with van der Waals surface area (Å²) in [7, 11) is 0. The first-order valence-electron chi connectivity index (χ1n) is 8.38. The highest BCUT2D eigenvalue weighted by molar-refractivity contribution is 5.95. The van der Waals surface area contributed by atoms with Crippen molar-refractivity contribution in [3.8, 4) is 0 Å². The zero-order chi connectivity index (χ0) is 21.5. The molecule has 2 aromatic heterocycles. The minimum Gasteiger partial charge on any atom is -0.360 e. The number of hydrazine groups is 1. The molecule has 0 radical (unpaired) electrons. The van der Waals surface area contributed by atoms with E-state index in [9.17, 15) is 25.0 Å². The van der Waals surface area contributed by atoms with E-state index in [1.54, 1.807) is 24.5 Å². The minimum absolute atomic E-state index is 0.0501. The van der Waals surface area contributed by atoms with Gasteiger partial charge < -0.3 is 5.32 Å². The van der Waals surface area contributed by atoms with Crippen molar-refractivity contribution in [3.63, 3.8) is 0 Å². The van der Waals surface area contributed by atoms with Gasteiger partial charge in [-0.25, -0.2) is 9.97 Å². The number of rotatable bonds is 8. The van der Waals surface area contributed by atoms with Gasteiger partial charge in [-0.05, 0) is 23.8 Å². The molecule has 13 nitrogen and oxygen atoms in total. The average Bonchev–Trinajstić information content (AvgIpc) is 2.76. The molecule has 0 unspecified atom stereocenters. The predicted molar refractivity (Wildman–Crippen MR) is 104 cm³/mol. The Hall–Kier alpha value is -4.68.